The zero-order valence-corrected chi connectivity index (χ0v) is 34.4. The highest BCUT2D eigenvalue weighted by molar-refractivity contribution is 7.92. The number of halogens is 1. The molecule has 1 amide bonds. The number of aliphatic hydroxyl groups is 1. The van der Waals surface area contributed by atoms with Gasteiger partial charge in [0.1, 0.15) is 11.5 Å². The monoisotopic (exact) mass is 812 g/mol. The first-order chi connectivity index (χ1) is 27.0. The van der Waals surface area contributed by atoms with Crippen molar-refractivity contribution in [2.75, 3.05) is 30.9 Å². The lowest BCUT2D eigenvalue weighted by atomic mass is 10.0. The molecule has 0 aromatic heterocycles. The fraction of sp³-hybridized carbons (Fsp3) is 0.465. The molecule has 0 saturated heterocycles. The van der Waals surface area contributed by atoms with Gasteiger partial charge in [-0.15, -0.1) is 0 Å². The van der Waals surface area contributed by atoms with E-state index in [2.05, 4.69) is 17.0 Å². The molecule has 3 aromatic rings. The summed E-state index contributed by atoms with van der Waals surface area (Å²) in [6.07, 6.45) is 21.4. The molecule has 0 aliphatic heterocycles. The van der Waals surface area contributed by atoms with E-state index in [0.717, 1.165) is 45.6 Å². The lowest BCUT2D eigenvalue weighted by Gasteiger charge is -2.13. The van der Waals surface area contributed by atoms with Crippen molar-refractivity contribution in [1.82, 2.24) is 0 Å². The Morgan fingerprint density at radius 3 is 1.77 bits per heavy atom. The highest BCUT2D eigenvalue weighted by Crippen LogP contribution is 2.29. The largest absolute Gasteiger partial charge is 0.507 e. The van der Waals surface area contributed by atoms with Gasteiger partial charge in [0.25, 0.3) is 15.9 Å². The van der Waals surface area contributed by atoms with Gasteiger partial charge in [-0.05, 0) is 55.0 Å². The topological polar surface area (TPSA) is 157 Å². The molecule has 0 heterocycles. The molecule has 0 atom stereocenters. The van der Waals surface area contributed by atoms with Crippen molar-refractivity contribution in [2.45, 2.75) is 115 Å². The molecule has 0 fully saturated rings. The molecule has 0 saturated carbocycles. The second kappa shape index (κ2) is 24.9. The molecular weight excluding hydrogens is 756 g/mol. The Bertz CT molecular complexity index is 1830. The van der Waals surface area contributed by atoms with Gasteiger partial charge < -0.3 is 24.6 Å². The molecule has 3 aromatic carbocycles. The van der Waals surface area contributed by atoms with Crippen molar-refractivity contribution in [3.05, 3.63) is 88.5 Å². The Morgan fingerprint density at radius 2 is 1.23 bits per heavy atom. The number of unbranched alkanes of at least 4 members (excludes halogenated alkanes) is 15. The average molecular weight is 813 g/mol. The quantitative estimate of drug-likeness (QED) is 0.0310. The maximum absolute atomic E-state index is 13.3. The summed E-state index contributed by atoms with van der Waals surface area (Å²) in [7, 11) is -2.04. The number of benzene rings is 3. The number of rotatable bonds is 26. The predicted octanol–water partition coefficient (Wildman–Crippen LogP) is 10.9. The lowest BCUT2D eigenvalue weighted by Crippen LogP contribution is -2.16. The number of ether oxygens (including phenoxy) is 3. The molecule has 0 radical (unpaired) electrons. The number of nitrogens with one attached hydrogen (secondary N) is 2. The van der Waals surface area contributed by atoms with E-state index in [4.69, 9.17) is 25.8 Å². The molecule has 56 heavy (non-hydrogen) atoms. The van der Waals surface area contributed by atoms with E-state index in [1.165, 1.54) is 114 Å². The van der Waals surface area contributed by atoms with Crippen LogP contribution in [0.1, 0.15) is 136 Å². The highest BCUT2D eigenvalue weighted by atomic mass is 35.5. The van der Waals surface area contributed by atoms with Crippen LogP contribution in [0.15, 0.2) is 71.6 Å². The first-order valence-corrected chi connectivity index (χ1v) is 21.4. The third-order valence-corrected chi connectivity index (χ3v) is 10.9. The maximum Gasteiger partial charge on any atom is 0.337 e. The van der Waals surface area contributed by atoms with Gasteiger partial charge in [0.2, 0.25) is 0 Å². The van der Waals surface area contributed by atoms with Crippen LogP contribution in [-0.2, 0) is 24.3 Å². The number of aliphatic hydroxyl groups excluding tert-OH is 1. The zero-order chi connectivity index (χ0) is 40.8. The minimum atomic E-state index is -4.33. The second-order valence-corrected chi connectivity index (χ2v) is 15.8. The summed E-state index contributed by atoms with van der Waals surface area (Å²) in [6.45, 7) is 2.73. The smallest absolute Gasteiger partial charge is 0.337 e. The summed E-state index contributed by atoms with van der Waals surface area (Å²) in [4.78, 5) is 37.0. The fourth-order valence-electron chi connectivity index (χ4n) is 6.15. The van der Waals surface area contributed by atoms with Crippen LogP contribution < -0.4 is 14.8 Å². The third-order valence-electron chi connectivity index (χ3n) is 9.22. The van der Waals surface area contributed by atoms with E-state index >= 15 is 0 Å². The summed E-state index contributed by atoms with van der Waals surface area (Å²) < 4.78 is 44.4. The van der Waals surface area contributed by atoms with Crippen LogP contribution in [0.3, 0.4) is 0 Å². The van der Waals surface area contributed by atoms with Gasteiger partial charge in [-0.2, -0.15) is 0 Å². The molecule has 0 spiro atoms. The predicted molar refractivity (Wildman–Crippen MR) is 222 cm³/mol. The number of esters is 2. The summed E-state index contributed by atoms with van der Waals surface area (Å²) in [6, 6.07) is 14.1. The number of para-hydroxylation sites is 1. The zero-order valence-electron chi connectivity index (χ0n) is 32.9. The molecule has 3 rings (SSSR count). The van der Waals surface area contributed by atoms with E-state index < -0.39 is 27.9 Å². The number of hydrogen-bond donors (Lipinski definition) is 3. The number of methoxy groups -OCH3 is 2. The average Bonchev–Trinajstić information content (AvgIpc) is 3.18. The van der Waals surface area contributed by atoms with Crippen LogP contribution in [-0.4, -0.2) is 52.2 Å². The molecule has 3 N–H and O–H groups in total. The van der Waals surface area contributed by atoms with Crippen LogP contribution in [0.4, 0.5) is 11.4 Å². The van der Waals surface area contributed by atoms with Crippen molar-refractivity contribution in [2.24, 2.45) is 0 Å². The van der Waals surface area contributed by atoms with Crippen LogP contribution in [0.2, 0.25) is 5.02 Å². The van der Waals surface area contributed by atoms with Gasteiger partial charge in [0.15, 0.2) is 0 Å². The number of carbonyl (C=O) groups is 3. The van der Waals surface area contributed by atoms with Gasteiger partial charge in [0.05, 0.1) is 58.8 Å². The molecule has 0 unspecified atom stereocenters. The molecule has 0 aliphatic carbocycles. The number of hydrogen-bond acceptors (Lipinski definition) is 9. The Labute approximate surface area is 337 Å². The third kappa shape index (κ3) is 15.9. The number of anilines is 2. The number of amides is 1. The molecular formula is C43H57ClN2O9S. The van der Waals surface area contributed by atoms with E-state index in [-0.39, 0.29) is 38.2 Å². The van der Waals surface area contributed by atoms with Crippen molar-refractivity contribution in [3.8, 4) is 5.75 Å². The first kappa shape index (κ1) is 45.8. The van der Waals surface area contributed by atoms with Crippen LogP contribution >= 0.6 is 11.6 Å². The fourth-order valence-corrected chi connectivity index (χ4v) is 7.38. The van der Waals surface area contributed by atoms with Crippen LogP contribution in [0.5, 0.6) is 5.75 Å². The standard InChI is InChI=1S/C43H57ClN2O9S/c1-4-5-6-7-8-9-10-11-12-13-14-15-16-17-18-21-26-55-40-23-20-19-22-36(40)39(47)31-41(48)45-38-30-35(24-25-37(38)44)56(51,52)46-34-28-32(42(49)53-2)27-33(29-34)43(50)54-3/h19-20,22-25,27-31,46-47H,4-18,21,26H2,1-3H3,(H,45,48). The van der Waals surface area contributed by atoms with Gasteiger partial charge in [-0.3, -0.25) is 9.52 Å². The van der Waals surface area contributed by atoms with Crippen molar-refractivity contribution < 1.29 is 42.1 Å². The summed E-state index contributed by atoms with van der Waals surface area (Å²) >= 11 is 6.30. The SMILES string of the molecule is CCCCCCCCCCCCCCCCCCOc1ccccc1C(O)=CC(=O)Nc1cc(S(=O)(=O)Nc2cc(C(=O)OC)cc(C(=O)OC)c2)ccc1Cl. The molecule has 13 heteroatoms. The van der Waals surface area contributed by atoms with Crippen molar-refractivity contribution in [3.63, 3.8) is 0 Å². The highest BCUT2D eigenvalue weighted by Gasteiger charge is 2.21. The Kier molecular flexibility index (Phi) is 20.3. The Morgan fingerprint density at radius 1 is 0.714 bits per heavy atom. The lowest BCUT2D eigenvalue weighted by molar-refractivity contribution is -0.111. The van der Waals surface area contributed by atoms with Gasteiger partial charge in [-0.1, -0.05) is 127 Å². The Hall–Kier alpha value is -4.55. The summed E-state index contributed by atoms with van der Waals surface area (Å²) in [5.41, 5.74) is -0.00857. The molecule has 11 nitrogen and oxygen atoms in total. The Balaban J connectivity index is 1.49. The molecule has 0 bridgehead atoms. The summed E-state index contributed by atoms with van der Waals surface area (Å²) in [5.74, 6) is -2.28. The van der Waals surface area contributed by atoms with Gasteiger partial charge >= 0.3 is 11.9 Å². The van der Waals surface area contributed by atoms with E-state index in [0.29, 0.717) is 17.9 Å². The maximum atomic E-state index is 13.3. The number of carbonyl (C=O) groups excluding carboxylic acids is 3. The second-order valence-electron chi connectivity index (χ2n) is 13.7. The van der Waals surface area contributed by atoms with Crippen LogP contribution in [0.25, 0.3) is 5.76 Å². The minimum Gasteiger partial charge on any atom is -0.507 e. The van der Waals surface area contributed by atoms with E-state index in [9.17, 15) is 27.9 Å². The summed E-state index contributed by atoms with van der Waals surface area (Å²) in [5, 5.41) is 13.4. The van der Waals surface area contributed by atoms with Crippen LogP contribution in [0, 0.1) is 0 Å². The molecule has 0 aliphatic rings. The first-order valence-electron chi connectivity index (χ1n) is 19.6. The van der Waals surface area contributed by atoms with Gasteiger partial charge in [-0.25, -0.2) is 18.0 Å². The van der Waals surface area contributed by atoms with E-state index in [1.807, 2.05) is 0 Å². The number of sulfonamides is 1. The minimum absolute atomic E-state index is 0.0355. The van der Waals surface area contributed by atoms with Crippen molar-refractivity contribution in [1.29, 1.82) is 0 Å². The molecule has 306 valence electrons. The van der Waals surface area contributed by atoms with Gasteiger partial charge in [0, 0.05) is 6.08 Å². The van der Waals surface area contributed by atoms with Crippen molar-refractivity contribution >= 4 is 56.6 Å². The normalized spacial score (nSPS) is 11.5. The van der Waals surface area contributed by atoms with E-state index in [1.54, 1.807) is 24.3 Å².